The van der Waals surface area contributed by atoms with Gasteiger partial charge < -0.3 is 16.0 Å². The zero-order valence-electron chi connectivity index (χ0n) is 17.2. The average molecular weight is 401 g/mol. The number of nitrogens with zero attached hydrogens (tertiary/aromatic N) is 1. The Morgan fingerprint density at radius 2 is 1.80 bits per heavy atom. The molecule has 0 radical (unpaired) electrons. The minimum Gasteiger partial charge on any atom is -0.363 e. The van der Waals surface area contributed by atoms with Crippen LogP contribution in [0.5, 0.6) is 0 Å². The van der Waals surface area contributed by atoms with Gasteiger partial charge in [0.2, 0.25) is 0 Å². The van der Waals surface area contributed by atoms with Gasteiger partial charge in [-0.25, -0.2) is 9.78 Å². The highest BCUT2D eigenvalue weighted by molar-refractivity contribution is 5.93. The molecule has 5 rings (SSSR count). The summed E-state index contributed by atoms with van der Waals surface area (Å²) in [5.74, 6) is 0.889. The van der Waals surface area contributed by atoms with Gasteiger partial charge in [0.05, 0.1) is 11.6 Å². The molecule has 2 amide bonds. The minimum atomic E-state index is -0.118. The maximum atomic E-state index is 12.3. The third kappa shape index (κ3) is 4.11. The van der Waals surface area contributed by atoms with Crippen molar-refractivity contribution in [2.45, 2.75) is 57.0 Å². The SMILES string of the molecule is O=C(Nc1ccc2nc(NC3CCc4ccccc43)ccc2c1)NC1CCCCC1. The van der Waals surface area contributed by atoms with Crippen LogP contribution in [0.3, 0.4) is 0 Å². The summed E-state index contributed by atoms with van der Waals surface area (Å²) < 4.78 is 0. The van der Waals surface area contributed by atoms with Crippen LogP contribution >= 0.6 is 0 Å². The lowest BCUT2D eigenvalue weighted by Crippen LogP contribution is -2.38. The Kier molecular flexibility index (Phi) is 5.26. The molecule has 0 aliphatic heterocycles. The molecule has 5 nitrogen and oxygen atoms in total. The number of carbonyl (C=O) groups excluding carboxylic acids is 1. The molecule has 3 N–H and O–H groups in total. The van der Waals surface area contributed by atoms with Crippen molar-refractivity contribution in [3.05, 3.63) is 65.7 Å². The summed E-state index contributed by atoms with van der Waals surface area (Å²) in [5, 5.41) is 10.7. The Labute approximate surface area is 177 Å². The number of urea groups is 1. The smallest absolute Gasteiger partial charge is 0.319 e. The number of carbonyl (C=O) groups is 1. The lowest BCUT2D eigenvalue weighted by atomic mass is 9.96. The topological polar surface area (TPSA) is 66.0 Å². The molecule has 1 unspecified atom stereocenters. The minimum absolute atomic E-state index is 0.118. The van der Waals surface area contributed by atoms with Crippen molar-refractivity contribution < 1.29 is 4.79 Å². The number of nitrogens with one attached hydrogen (secondary N) is 3. The number of pyridine rings is 1. The highest BCUT2D eigenvalue weighted by Crippen LogP contribution is 2.33. The number of fused-ring (bicyclic) bond motifs is 2. The Hall–Kier alpha value is -3.08. The molecule has 5 heteroatoms. The van der Waals surface area contributed by atoms with E-state index in [0.29, 0.717) is 12.1 Å². The van der Waals surface area contributed by atoms with E-state index >= 15 is 0 Å². The van der Waals surface area contributed by atoms with E-state index in [-0.39, 0.29) is 6.03 Å². The standard InChI is InChI=1S/C25H28N4O/c30-25(26-19-7-2-1-3-8-19)27-20-12-14-22-18(16-20)11-15-24(28-22)29-23-13-10-17-6-4-5-9-21(17)23/h4-6,9,11-12,14-16,19,23H,1-3,7-8,10,13H2,(H,28,29)(H2,26,27,30). The number of aromatic nitrogens is 1. The van der Waals surface area contributed by atoms with Crippen LogP contribution in [0.25, 0.3) is 10.9 Å². The normalized spacial score (nSPS) is 18.7. The monoisotopic (exact) mass is 400 g/mol. The first kappa shape index (κ1) is 18.9. The van der Waals surface area contributed by atoms with Crippen LogP contribution in [0, 0.1) is 0 Å². The van der Waals surface area contributed by atoms with Gasteiger partial charge in [-0.3, -0.25) is 0 Å². The van der Waals surface area contributed by atoms with Crippen LogP contribution in [-0.4, -0.2) is 17.1 Å². The first-order chi connectivity index (χ1) is 14.7. The summed E-state index contributed by atoms with van der Waals surface area (Å²) in [5.41, 5.74) is 4.52. The van der Waals surface area contributed by atoms with Gasteiger partial charge >= 0.3 is 6.03 Å². The fourth-order valence-electron chi connectivity index (χ4n) is 4.77. The number of aryl methyl sites for hydroxylation is 1. The Morgan fingerprint density at radius 1 is 0.933 bits per heavy atom. The van der Waals surface area contributed by atoms with Crippen LogP contribution in [0.2, 0.25) is 0 Å². The van der Waals surface area contributed by atoms with E-state index in [2.05, 4.69) is 46.3 Å². The molecule has 1 saturated carbocycles. The van der Waals surface area contributed by atoms with Gasteiger partial charge in [0, 0.05) is 17.1 Å². The van der Waals surface area contributed by atoms with Gasteiger partial charge in [-0.15, -0.1) is 0 Å². The molecule has 2 aliphatic rings. The molecule has 1 atom stereocenters. The second kappa shape index (κ2) is 8.34. The molecule has 154 valence electrons. The Balaban J connectivity index is 1.25. The molecule has 0 bridgehead atoms. The number of anilines is 2. The zero-order valence-corrected chi connectivity index (χ0v) is 17.2. The Morgan fingerprint density at radius 3 is 2.70 bits per heavy atom. The summed E-state index contributed by atoms with van der Waals surface area (Å²) >= 11 is 0. The van der Waals surface area contributed by atoms with Gasteiger partial charge in [-0.1, -0.05) is 43.5 Å². The van der Waals surface area contributed by atoms with E-state index in [1.807, 2.05) is 24.3 Å². The molecule has 1 heterocycles. The van der Waals surface area contributed by atoms with E-state index < -0.39 is 0 Å². The van der Waals surface area contributed by atoms with E-state index in [0.717, 1.165) is 48.1 Å². The lowest BCUT2D eigenvalue weighted by molar-refractivity contribution is 0.244. The van der Waals surface area contributed by atoms with Crippen LogP contribution in [-0.2, 0) is 6.42 Å². The fourth-order valence-corrected chi connectivity index (χ4v) is 4.77. The van der Waals surface area contributed by atoms with Gasteiger partial charge in [0.15, 0.2) is 0 Å². The molecular formula is C25H28N4O. The summed E-state index contributed by atoms with van der Waals surface area (Å²) in [7, 11) is 0. The van der Waals surface area contributed by atoms with Crippen molar-refractivity contribution >= 4 is 28.4 Å². The maximum Gasteiger partial charge on any atom is 0.319 e. The number of hydrogen-bond acceptors (Lipinski definition) is 3. The largest absolute Gasteiger partial charge is 0.363 e. The average Bonchev–Trinajstić information content (AvgIpc) is 3.17. The summed E-state index contributed by atoms with van der Waals surface area (Å²) in [6, 6.07) is 19.1. The van der Waals surface area contributed by atoms with Crippen LogP contribution in [0.1, 0.15) is 55.7 Å². The van der Waals surface area contributed by atoms with Crippen molar-refractivity contribution in [2.24, 2.45) is 0 Å². The summed E-state index contributed by atoms with van der Waals surface area (Å²) in [6.07, 6.45) is 8.05. The molecule has 0 spiro atoms. The summed E-state index contributed by atoms with van der Waals surface area (Å²) in [6.45, 7) is 0. The lowest BCUT2D eigenvalue weighted by Gasteiger charge is -2.22. The first-order valence-corrected chi connectivity index (χ1v) is 11.1. The maximum absolute atomic E-state index is 12.3. The molecule has 2 aromatic carbocycles. The van der Waals surface area contributed by atoms with E-state index in [1.165, 1.54) is 30.4 Å². The van der Waals surface area contributed by atoms with Crippen molar-refractivity contribution in [3.63, 3.8) is 0 Å². The van der Waals surface area contributed by atoms with Crippen LogP contribution in [0.4, 0.5) is 16.3 Å². The van der Waals surface area contributed by atoms with E-state index in [9.17, 15) is 4.79 Å². The molecular weight excluding hydrogens is 372 g/mol. The third-order valence-corrected chi connectivity index (χ3v) is 6.34. The summed E-state index contributed by atoms with van der Waals surface area (Å²) in [4.78, 5) is 17.1. The zero-order chi connectivity index (χ0) is 20.3. The highest BCUT2D eigenvalue weighted by Gasteiger charge is 2.22. The number of benzene rings is 2. The molecule has 1 fully saturated rings. The number of rotatable bonds is 4. The van der Waals surface area contributed by atoms with Crippen LogP contribution in [0.15, 0.2) is 54.6 Å². The predicted molar refractivity (Wildman–Crippen MR) is 122 cm³/mol. The second-order valence-corrected chi connectivity index (χ2v) is 8.47. The van der Waals surface area contributed by atoms with Gasteiger partial charge in [-0.05, 0) is 67.1 Å². The van der Waals surface area contributed by atoms with Crippen molar-refractivity contribution in [3.8, 4) is 0 Å². The van der Waals surface area contributed by atoms with E-state index in [4.69, 9.17) is 4.98 Å². The van der Waals surface area contributed by atoms with Crippen molar-refractivity contribution in [1.82, 2.24) is 10.3 Å². The predicted octanol–water partition coefficient (Wildman–Crippen LogP) is 5.79. The second-order valence-electron chi connectivity index (χ2n) is 8.47. The van der Waals surface area contributed by atoms with Gasteiger partial charge in [0.25, 0.3) is 0 Å². The number of amides is 2. The molecule has 2 aliphatic carbocycles. The number of hydrogen-bond donors (Lipinski definition) is 3. The molecule has 3 aromatic rings. The molecule has 30 heavy (non-hydrogen) atoms. The quantitative estimate of drug-likeness (QED) is 0.519. The van der Waals surface area contributed by atoms with Gasteiger partial charge in [-0.2, -0.15) is 0 Å². The first-order valence-electron chi connectivity index (χ1n) is 11.1. The van der Waals surface area contributed by atoms with Crippen molar-refractivity contribution in [1.29, 1.82) is 0 Å². The Bertz CT molecular complexity index is 1060. The molecule has 1 aromatic heterocycles. The fraction of sp³-hybridized carbons (Fsp3) is 0.360. The van der Waals surface area contributed by atoms with Crippen molar-refractivity contribution in [2.75, 3.05) is 10.6 Å². The molecule has 0 saturated heterocycles. The van der Waals surface area contributed by atoms with E-state index in [1.54, 1.807) is 0 Å². The highest BCUT2D eigenvalue weighted by atomic mass is 16.2. The third-order valence-electron chi connectivity index (χ3n) is 6.34. The van der Waals surface area contributed by atoms with Gasteiger partial charge in [0.1, 0.15) is 5.82 Å². The van der Waals surface area contributed by atoms with Crippen LogP contribution < -0.4 is 16.0 Å².